The minimum atomic E-state index is -0.376. The predicted molar refractivity (Wildman–Crippen MR) is 70.0 cm³/mol. The molecule has 0 bridgehead atoms. The van der Waals surface area contributed by atoms with Gasteiger partial charge in [0.25, 0.3) is 0 Å². The molecular formula is C15H16O3. The number of allylic oxidation sites excluding steroid dienone is 1. The van der Waals surface area contributed by atoms with Crippen molar-refractivity contribution in [3.8, 4) is 12.3 Å². The molecule has 0 saturated carbocycles. The molecule has 0 aliphatic rings. The Hall–Kier alpha value is -2.21. The highest BCUT2D eigenvalue weighted by Gasteiger charge is 2.10. The normalized spacial score (nSPS) is 10.0. The van der Waals surface area contributed by atoms with Crippen LogP contribution < -0.4 is 0 Å². The summed E-state index contributed by atoms with van der Waals surface area (Å²) in [5.41, 5.74) is 0.995. The van der Waals surface area contributed by atoms with Gasteiger partial charge in [0.05, 0.1) is 25.5 Å². The molecule has 1 aromatic carbocycles. The summed E-state index contributed by atoms with van der Waals surface area (Å²) in [5.74, 6) is 2.09. The number of hydrogen-bond donors (Lipinski definition) is 0. The van der Waals surface area contributed by atoms with Crippen LogP contribution in [0.15, 0.2) is 36.6 Å². The maximum absolute atomic E-state index is 11.8. The number of ether oxygens (including phenoxy) is 2. The Morgan fingerprint density at radius 1 is 1.44 bits per heavy atom. The molecule has 0 fully saturated rings. The summed E-state index contributed by atoms with van der Waals surface area (Å²) < 4.78 is 9.90. The Kier molecular flexibility index (Phi) is 6.13. The van der Waals surface area contributed by atoms with E-state index in [2.05, 4.69) is 5.92 Å². The molecule has 0 spiro atoms. The van der Waals surface area contributed by atoms with Gasteiger partial charge in [0.1, 0.15) is 0 Å². The molecule has 3 heteroatoms. The lowest BCUT2D eigenvalue weighted by molar-refractivity contribution is 0.0501. The van der Waals surface area contributed by atoms with Crippen LogP contribution in [-0.2, 0) is 9.47 Å². The molecule has 0 atom stereocenters. The van der Waals surface area contributed by atoms with Crippen LogP contribution in [0.2, 0.25) is 0 Å². The van der Waals surface area contributed by atoms with E-state index in [9.17, 15) is 4.79 Å². The maximum Gasteiger partial charge on any atom is 0.339 e. The maximum atomic E-state index is 11.8. The van der Waals surface area contributed by atoms with Crippen LogP contribution in [0.25, 0.3) is 0 Å². The Balaban J connectivity index is 2.42. The van der Waals surface area contributed by atoms with E-state index in [-0.39, 0.29) is 5.97 Å². The monoisotopic (exact) mass is 244 g/mol. The van der Waals surface area contributed by atoms with Gasteiger partial charge in [-0.25, -0.2) is 4.79 Å². The number of methoxy groups -OCH3 is 1. The van der Waals surface area contributed by atoms with Crippen molar-refractivity contribution in [1.82, 2.24) is 0 Å². The number of esters is 1. The second-order valence-corrected chi connectivity index (χ2v) is 3.58. The summed E-state index contributed by atoms with van der Waals surface area (Å²) in [6, 6.07) is 6.94. The fourth-order valence-electron chi connectivity index (χ4n) is 1.40. The molecule has 0 aliphatic heterocycles. The Labute approximate surface area is 107 Å². The third kappa shape index (κ3) is 4.34. The van der Waals surface area contributed by atoms with Gasteiger partial charge in [0, 0.05) is 5.56 Å². The van der Waals surface area contributed by atoms with Gasteiger partial charge < -0.3 is 9.47 Å². The summed E-state index contributed by atoms with van der Waals surface area (Å²) in [7, 11) is 1.59. The number of hydrogen-bond acceptors (Lipinski definition) is 3. The van der Waals surface area contributed by atoms with Gasteiger partial charge in [0.2, 0.25) is 0 Å². The second-order valence-electron chi connectivity index (χ2n) is 3.58. The molecular weight excluding hydrogens is 228 g/mol. The van der Waals surface area contributed by atoms with Crippen LogP contribution in [0.1, 0.15) is 28.8 Å². The number of terminal acetylenes is 1. The zero-order chi connectivity index (χ0) is 13.2. The van der Waals surface area contributed by atoms with Crippen molar-refractivity contribution in [2.75, 3.05) is 13.7 Å². The van der Waals surface area contributed by atoms with Gasteiger partial charge in [-0.1, -0.05) is 18.1 Å². The summed E-state index contributed by atoms with van der Waals surface area (Å²) in [6.45, 7) is 0.367. The molecule has 0 heterocycles. The molecule has 18 heavy (non-hydrogen) atoms. The van der Waals surface area contributed by atoms with Crippen molar-refractivity contribution >= 4 is 5.97 Å². The van der Waals surface area contributed by atoms with Gasteiger partial charge in [-0.05, 0) is 31.1 Å². The first-order valence-corrected chi connectivity index (χ1v) is 5.70. The predicted octanol–water partition coefficient (Wildman–Crippen LogP) is 2.77. The molecule has 0 unspecified atom stereocenters. The van der Waals surface area contributed by atoms with Gasteiger partial charge in [0.15, 0.2) is 0 Å². The van der Waals surface area contributed by atoms with Gasteiger partial charge in [-0.2, -0.15) is 0 Å². The Bertz CT molecular complexity index is 455. The molecule has 1 rings (SSSR count). The van der Waals surface area contributed by atoms with Crippen molar-refractivity contribution in [3.63, 3.8) is 0 Å². The third-order valence-corrected chi connectivity index (χ3v) is 2.28. The number of carbonyl (C=O) groups excluding carboxylic acids is 1. The third-order valence-electron chi connectivity index (χ3n) is 2.28. The van der Waals surface area contributed by atoms with Crippen molar-refractivity contribution in [2.45, 2.75) is 12.8 Å². The SMILES string of the molecule is C#Cc1ccccc1C(=O)OCCC/C=C/OC. The van der Waals surface area contributed by atoms with Crippen LogP contribution in [0.3, 0.4) is 0 Å². The van der Waals surface area contributed by atoms with Gasteiger partial charge in [-0.3, -0.25) is 0 Å². The molecule has 0 aliphatic carbocycles. The average Bonchev–Trinajstić information content (AvgIpc) is 2.42. The standard InChI is InChI=1S/C15H16O3/c1-3-13-9-5-6-10-14(13)15(16)18-12-8-4-7-11-17-2/h1,5-7,9-11H,4,8,12H2,2H3/b11-7+. The van der Waals surface area contributed by atoms with E-state index in [4.69, 9.17) is 15.9 Å². The first-order chi connectivity index (χ1) is 8.79. The molecule has 0 aromatic heterocycles. The number of rotatable bonds is 6. The lowest BCUT2D eigenvalue weighted by atomic mass is 10.1. The summed E-state index contributed by atoms with van der Waals surface area (Å²) >= 11 is 0. The van der Waals surface area contributed by atoms with Crippen molar-refractivity contribution in [2.24, 2.45) is 0 Å². The van der Waals surface area contributed by atoms with E-state index in [0.717, 1.165) is 12.8 Å². The second kappa shape index (κ2) is 7.97. The van der Waals surface area contributed by atoms with Crippen LogP contribution >= 0.6 is 0 Å². The van der Waals surface area contributed by atoms with E-state index in [1.165, 1.54) is 0 Å². The quantitative estimate of drug-likeness (QED) is 0.334. The summed E-state index contributed by atoms with van der Waals surface area (Å²) in [5, 5.41) is 0. The highest BCUT2D eigenvalue weighted by molar-refractivity contribution is 5.92. The van der Waals surface area contributed by atoms with Crippen molar-refractivity contribution in [1.29, 1.82) is 0 Å². The number of unbranched alkanes of at least 4 members (excludes halogenated alkanes) is 1. The van der Waals surface area contributed by atoms with E-state index < -0.39 is 0 Å². The molecule has 94 valence electrons. The van der Waals surface area contributed by atoms with Crippen LogP contribution in [0, 0.1) is 12.3 Å². The van der Waals surface area contributed by atoms with Crippen LogP contribution in [-0.4, -0.2) is 19.7 Å². The minimum absolute atomic E-state index is 0.367. The number of benzene rings is 1. The van der Waals surface area contributed by atoms with E-state index >= 15 is 0 Å². The molecule has 0 radical (unpaired) electrons. The lowest BCUT2D eigenvalue weighted by Gasteiger charge is -2.05. The van der Waals surface area contributed by atoms with E-state index in [1.54, 1.807) is 37.6 Å². The van der Waals surface area contributed by atoms with E-state index in [0.29, 0.717) is 17.7 Å². The summed E-state index contributed by atoms with van der Waals surface area (Å²) in [4.78, 5) is 11.8. The zero-order valence-electron chi connectivity index (χ0n) is 10.4. The number of carbonyl (C=O) groups is 1. The average molecular weight is 244 g/mol. The topological polar surface area (TPSA) is 35.5 Å². The first-order valence-electron chi connectivity index (χ1n) is 5.70. The van der Waals surface area contributed by atoms with Crippen molar-refractivity contribution in [3.05, 3.63) is 47.7 Å². The smallest absolute Gasteiger partial charge is 0.339 e. The van der Waals surface area contributed by atoms with E-state index in [1.807, 2.05) is 6.08 Å². The van der Waals surface area contributed by atoms with Crippen LogP contribution in [0.4, 0.5) is 0 Å². The molecule has 1 aromatic rings. The van der Waals surface area contributed by atoms with Gasteiger partial charge >= 0.3 is 5.97 Å². The van der Waals surface area contributed by atoms with Crippen LogP contribution in [0.5, 0.6) is 0 Å². The highest BCUT2D eigenvalue weighted by atomic mass is 16.5. The molecule has 0 saturated heterocycles. The molecule has 3 nitrogen and oxygen atoms in total. The molecule has 0 amide bonds. The molecule has 0 N–H and O–H groups in total. The fraction of sp³-hybridized carbons (Fsp3) is 0.267. The minimum Gasteiger partial charge on any atom is -0.505 e. The van der Waals surface area contributed by atoms with Gasteiger partial charge in [-0.15, -0.1) is 6.42 Å². The van der Waals surface area contributed by atoms with Crippen molar-refractivity contribution < 1.29 is 14.3 Å². The Morgan fingerprint density at radius 3 is 2.94 bits per heavy atom. The summed E-state index contributed by atoms with van der Waals surface area (Å²) in [6.07, 6.45) is 10.4. The lowest BCUT2D eigenvalue weighted by Crippen LogP contribution is -2.08. The largest absolute Gasteiger partial charge is 0.505 e. The first kappa shape index (κ1) is 13.9. The fourth-order valence-corrected chi connectivity index (χ4v) is 1.40. The highest BCUT2D eigenvalue weighted by Crippen LogP contribution is 2.09. The Morgan fingerprint density at radius 2 is 2.22 bits per heavy atom. The zero-order valence-corrected chi connectivity index (χ0v) is 10.4.